The van der Waals surface area contributed by atoms with E-state index in [1.807, 2.05) is 22.8 Å². The highest BCUT2D eigenvalue weighted by molar-refractivity contribution is 9.10. The van der Waals surface area contributed by atoms with Gasteiger partial charge in [0.25, 0.3) is 0 Å². The summed E-state index contributed by atoms with van der Waals surface area (Å²) in [5.41, 5.74) is 0.912. The molecule has 18 heavy (non-hydrogen) atoms. The molecule has 3 heterocycles. The first-order valence-electron chi connectivity index (χ1n) is 6.43. The number of aromatic nitrogens is 3. The molecule has 1 unspecified atom stereocenters. The molecule has 0 N–H and O–H groups in total. The van der Waals surface area contributed by atoms with Crippen molar-refractivity contribution >= 4 is 21.6 Å². The lowest BCUT2D eigenvalue weighted by molar-refractivity contribution is 0.199. The standard InChI is InChI=1S/C13H17BrN4/c1-9(2)17-6-3-4-11(17)13-15-12-8-10(14)5-7-18(12)16-13/h5,7-9,11H,3-4,6H2,1-2H3. The van der Waals surface area contributed by atoms with Crippen LogP contribution in [0.1, 0.15) is 38.6 Å². The van der Waals surface area contributed by atoms with Gasteiger partial charge in [0.2, 0.25) is 0 Å². The van der Waals surface area contributed by atoms with Crippen molar-refractivity contribution in [2.24, 2.45) is 0 Å². The van der Waals surface area contributed by atoms with E-state index in [2.05, 4.69) is 44.8 Å². The lowest BCUT2D eigenvalue weighted by Gasteiger charge is -2.25. The maximum absolute atomic E-state index is 4.67. The van der Waals surface area contributed by atoms with E-state index in [0.717, 1.165) is 28.9 Å². The van der Waals surface area contributed by atoms with Gasteiger partial charge in [0, 0.05) is 16.7 Å². The first kappa shape index (κ1) is 12.1. The second-order valence-electron chi connectivity index (χ2n) is 5.11. The van der Waals surface area contributed by atoms with E-state index < -0.39 is 0 Å². The third kappa shape index (κ3) is 2.06. The summed E-state index contributed by atoms with van der Waals surface area (Å²) in [6, 6.07) is 4.92. The molecule has 0 aromatic carbocycles. The lowest BCUT2D eigenvalue weighted by atomic mass is 10.2. The van der Waals surface area contributed by atoms with Gasteiger partial charge < -0.3 is 0 Å². The van der Waals surface area contributed by atoms with E-state index in [4.69, 9.17) is 0 Å². The summed E-state index contributed by atoms with van der Waals surface area (Å²) in [5, 5.41) is 4.61. The number of hydrogen-bond acceptors (Lipinski definition) is 3. The Bertz CT molecular complexity index is 563. The Labute approximate surface area is 115 Å². The predicted octanol–water partition coefficient (Wildman–Crippen LogP) is 3.04. The van der Waals surface area contributed by atoms with E-state index in [-0.39, 0.29) is 0 Å². The summed E-state index contributed by atoms with van der Waals surface area (Å²) < 4.78 is 2.90. The molecule has 1 aliphatic rings. The fraction of sp³-hybridized carbons (Fsp3) is 0.538. The van der Waals surface area contributed by atoms with Gasteiger partial charge in [0.1, 0.15) is 0 Å². The molecule has 4 nitrogen and oxygen atoms in total. The van der Waals surface area contributed by atoms with Crippen LogP contribution in [0.2, 0.25) is 0 Å². The fourth-order valence-corrected chi connectivity index (χ4v) is 3.02. The molecule has 0 spiro atoms. The van der Waals surface area contributed by atoms with E-state index >= 15 is 0 Å². The Balaban J connectivity index is 1.98. The first-order valence-corrected chi connectivity index (χ1v) is 7.22. The number of pyridine rings is 1. The van der Waals surface area contributed by atoms with Crippen LogP contribution in [0.25, 0.3) is 5.65 Å². The average molecular weight is 309 g/mol. The van der Waals surface area contributed by atoms with E-state index in [1.165, 1.54) is 6.42 Å². The van der Waals surface area contributed by atoms with E-state index in [9.17, 15) is 0 Å². The molecule has 5 heteroatoms. The topological polar surface area (TPSA) is 33.4 Å². The van der Waals surface area contributed by atoms with Gasteiger partial charge in [0.15, 0.2) is 11.5 Å². The van der Waals surface area contributed by atoms with Crippen LogP contribution in [-0.4, -0.2) is 32.1 Å². The molecule has 0 bridgehead atoms. The highest BCUT2D eigenvalue weighted by Gasteiger charge is 2.30. The molecule has 1 saturated heterocycles. The van der Waals surface area contributed by atoms with Crippen LogP contribution < -0.4 is 0 Å². The molecule has 1 aliphatic heterocycles. The number of halogens is 1. The lowest BCUT2D eigenvalue weighted by Crippen LogP contribution is -2.30. The Morgan fingerprint density at radius 1 is 1.44 bits per heavy atom. The van der Waals surface area contributed by atoms with Crippen molar-refractivity contribution in [2.75, 3.05) is 6.54 Å². The predicted molar refractivity (Wildman–Crippen MR) is 74.5 cm³/mol. The Morgan fingerprint density at radius 2 is 2.28 bits per heavy atom. The van der Waals surface area contributed by atoms with Crippen molar-refractivity contribution in [3.63, 3.8) is 0 Å². The highest BCUT2D eigenvalue weighted by Crippen LogP contribution is 2.31. The normalized spacial score (nSPS) is 21.2. The molecule has 0 saturated carbocycles. The van der Waals surface area contributed by atoms with Crippen LogP contribution in [0, 0.1) is 0 Å². The molecule has 1 atom stereocenters. The summed E-state index contributed by atoms with van der Waals surface area (Å²) in [4.78, 5) is 7.16. The Hall–Kier alpha value is -0.940. The van der Waals surface area contributed by atoms with Crippen LogP contribution in [0.4, 0.5) is 0 Å². The summed E-state index contributed by atoms with van der Waals surface area (Å²) in [6.45, 7) is 5.64. The van der Waals surface area contributed by atoms with Crippen LogP contribution >= 0.6 is 15.9 Å². The van der Waals surface area contributed by atoms with Gasteiger partial charge >= 0.3 is 0 Å². The molecule has 1 fully saturated rings. The summed E-state index contributed by atoms with van der Waals surface area (Å²) in [6.07, 6.45) is 4.35. The van der Waals surface area contributed by atoms with Gasteiger partial charge in [-0.1, -0.05) is 15.9 Å². The van der Waals surface area contributed by atoms with Crippen LogP contribution in [0.5, 0.6) is 0 Å². The zero-order chi connectivity index (χ0) is 12.7. The number of fused-ring (bicyclic) bond motifs is 1. The summed E-state index contributed by atoms with van der Waals surface area (Å²) >= 11 is 3.47. The molecule has 2 aromatic rings. The zero-order valence-electron chi connectivity index (χ0n) is 10.7. The number of rotatable bonds is 2. The highest BCUT2D eigenvalue weighted by atomic mass is 79.9. The smallest absolute Gasteiger partial charge is 0.168 e. The van der Waals surface area contributed by atoms with Gasteiger partial charge in [-0.2, -0.15) is 0 Å². The fourth-order valence-electron chi connectivity index (χ4n) is 2.70. The number of hydrogen-bond donors (Lipinski definition) is 0. The third-order valence-electron chi connectivity index (χ3n) is 3.57. The van der Waals surface area contributed by atoms with Gasteiger partial charge in [-0.25, -0.2) is 9.50 Å². The van der Waals surface area contributed by atoms with Crippen LogP contribution in [0.15, 0.2) is 22.8 Å². The van der Waals surface area contributed by atoms with Gasteiger partial charge in [-0.15, -0.1) is 5.10 Å². The molecule has 0 radical (unpaired) electrons. The second kappa shape index (κ2) is 4.63. The minimum absolute atomic E-state index is 0.378. The Morgan fingerprint density at radius 3 is 3.06 bits per heavy atom. The van der Waals surface area contributed by atoms with E-state index in [1.54, 1.807) is 0 Å². The van der Waals surface area contributed by atoms with E-state index in [0.29, 0.717) is 12.1 Å². The molecule has 0 amide bonds. The van der Waals surface area contributed by atoms with Crippen molar-refractivity contribution in [1.29, 1.82) is 0 Å². The van der Waals surface area contributed by atoms with Crippen molar-refractivity contribution in [1.82, 2.24) is 19.5 Å². The molecular formula is C13H17BrN4. The third-order valence-corrected chi connectivity index (χ3v) is 4.06. The van der Waals surface area contributed by atoms with Crippen molar-refractivity contribution in [2.45, 2.75) is 38.8 Å². The Kier molecular flexibility index (Phi) is 3.11. The van der Waals surface area contributed by atoms with Crippen molar-refractivity contribution in [3.05, 3.63) is 28.6 Å². The second-order valence-corrected chi connectivity index (χ2v) is 6.02. The number of nitrogens with zero attached hydrogens (tertiary/aromatic N) is 4. The number of likely N-dealkylation sites (tertiary alicyclic amines) is 1. The monoisotopic (exact) mass is 308 g/mol. The largest absolute Gasteiger partial charge is 0.291 e. The minimum Gasteiger partial charge on any atom is -0.291 e. The minimum atomic E-state index is 0.378. The molecule has 2 aromatic heterocycles. The van der Waals surface area contributed by atoms with Crippen molar-refractivity contribution in [3.8, 4) is 0 Å². The average Bonchev–Trinajstić information content (AvgIpc) is 2.93. The summed E-state index contributed by atoms with van der Waals surface area (Å²) in [7, 11) is 0. The maximum atomic E-state index is 4.67. The van der Waals surface area contributed by atoms with Gasteiger partial charge in [0.05, 0.1) is 6.04 Å². The van der Waals surface area contributed by atoms with Crippen molar-refractivity contribution < 1.29 is 0 Å². The molecule has 0 aliphatic carbocycles. The first-order chi connectivity index (χ1) is 8.65. The molecule has 96 valence electrons. The summed E-state index contributed by atoms with van der Waals surface area (Å²) in [5.74, 6) is 0.958. The quantitative estimate of drug-likeness (QED) is 0.855. The van der Waals surface area contributed by atoms with Crippen LogP contribution in [0.3, 0.4) is 0 Å². The molecule has 3 rings (SSSR count). The van der Waals surface area contributed by atoms with Gasteiger partial charge in [-0.05, 0) is 45.4 Å². The zero-order valence-corrected chi connectivity index (χ0v) is 12.3. The maximum Gasteiger partial charge on any atom is 0.168 e. The molecular weight excluding hydrogens is 292 g/mol. The van der Waals surface area contributed by atoms with Crippen LogP contribution in [-0.2, 0) is 0 Å². The SMILES string of the molecule is CC(C)N1CCCC1c1nc2cc(Br)ccn2n1. The van der Waals surface area contributed by atoms with Gasteiger partial charge in [-0.3, -0.25) is 4.90 Å².